The standard InChI is InChI=1S/C21H29N5O2/c1-27-20-5-3-19(4-6-20)25-10-2-9-24(11-12-25)17-18-7-8-22-21(23-18)26-13-15-28-16-14-26/h3-8H,2,9-17H2,1H3. The van der Waals surface area contributed by atoms with Gasteiger partial charge in [-0.25, -0.2) is 9.97 Å². The van der Waals surface area contributed by atoms with Gasteiger partial charge in [0.2, 0.25) is 5.95 Å². The summed E-state index contributed by atoms with van der Waals surface area (Å²) in [6.07, 6.45) is 3.03. The normalized spacial score (nSPS) is 18.8. The van der Waals surface area contributed by atoms with Crippen molar-refractivity contribution in [1.82, 2.24) is 14.9 Å². The van der Waals surface area contributed by atoms with Crippen LogP contribution in [0.25, 0.3) is 0 Å². The maximum atomic E-state index is 5.43. The first-order valence-electron chi connectivity index (χ1n) is 10.1. The lowest BCUT2D eigenvalue weighted by Gasteiger charge is -2.27. The predicted octanol–water partition coefficient (Wildman–Crippen LogP) is 2.03. The molecular formula is C21H29N5O2. The van der Waals surface area contributed by atoms with Crippen LogP contribution >= 0.6 is 0 Å². The first kappa shape index (κ1) is 19.0. The maximum absolute atomic E-state index is 5.43. The number of nitrogens with zero attached hydrogens (tertiary/aromatic N) is 5. The van der Waals surface area contributed by atoms with Crippen LogP contribution in [0.1, 0.15) is 12.1 Å². The Balaban J connectivity index is 1.35. The molecule has 0 bridgehead atoms. The predicted molar refractivity (Wildman–Crippen MR) is 110 cm³/mol. The quantitative estimate of drug-likeness (QED) is 0.783. The van der Waals surface area contributed by atoms with Crippen molar-refractivity contribution in [2.24, 2.45) is 0 Å². The minimum absolute atomic E-state index is 0.751. The molecule has 28 heavy (non-hydrogen) atoms. The lowest BCUT2D eigenvalue weighted by molar-refractivity contribution is 0.122. The van der Waals surface area contributed by atoms with E-state index in [1.807, 2.05) is 24.4 Å². The van der Waals surface area contributed by atoms with Crippen LogP contribution < -0.4 is 14.5 Å². The number of methoxy groups -OCH3 is 1. The Labute approximate surface area is 166 Å². The highest BCUT2D eigenvalue weighted by Gasteiger charge is 2.18. The number of hydrogen-bond acceptors (Lipinski definition) is 7. The van der Waals surface area contributed by atoms with Crippen molar-refractivity contribution in [1.29, 1.82) is 0 Å². The van der Waals surface area contributed by atoms with Gasteiger partial charge in [-0.2, -0.15) is 0 Å². The fourth-order valence-corrected chi connectivity index (χ4v) is 3.80. The molecule has 7 nitrogen and oxygen atoms in total. The third-order valence-electron chi connectivity index (χ3n) is 5.41. The van der Waals surface area contributed by atoms with E-state index in [1.165, 1.54) is 5.69 Å². The third kappa shape index (κ3) is 4.72. The molecule has 2 aliphatic heterocycles. The van der Waals surface area contributed by atoms with E-state index in [-0.39, 0.29) is 0 Å². The molecule has 150 valence electrons. The molecule has 0 unspecified atom stereocenters. The molecule has 7 heteroatoms. The van der Waals surface area contributed by atoms with Gasteiger partial charge >= 0.3 is 0 Å². The average Bonchev–Trinajstić information content (AvgIpc) is 3.00. The van der Waals surface area contributed by atoms with Crippen LogP contribution in [-0.4, -0.2) is 74.5 Å². The highest BCUT2D eigenvalue weighted by atomic mass is 16.5. The lowest BCUT2D eigenvalue weighted by atomic mass is 10.2. The van der Waals surface area contributed by atoms with E-state index in [4.69, 9.17) is 14.5 Å². The van der Waals surface area contributed by atoms with Gasteiger partial charge in [-0.1, -0.05) is 0 Å². The third-order valence-corrected chi connectivity index (χ3v) is 5.41. The minimum Gasteiger partial charge on any atom is -0.497 e. The van der Waals surface area contributed by atoms with Gasteiger partial charge in [-0.3, -0.25) is 4.90 Å². The molecule has 0 radical (unpaired) electrons. The second-order valence-electron chi connectivity index (χ2n) is 7.26. The molecule has 2 fully saturated rings. The summed E-state index contributed by atoms with van der Waals surface area (Å²) in [6.45, 7) is 8.32. The second kappa shape index (κ2) is 9.21. The second-order valence-corrected chi connectivity index (χ2v) is 7.26. The summed E-state index contributed by atoms with van der Waals surface area (Å²) < 4.78 is 10.7. The Kier molecular flexibility index (Phi) is 6.24. The van der Waals surface area contributed by atoms with Gasteiger partial charge in [0.25, 0.3) is 0 Å². The Morgan fingerprint density at radius 2 is 1.75 bits per heavy atom. The SMILES string of the molecule is COc1ccc(N2CCCN(Cc3ccnc(N4CCOCC4)n3)CC2)cc1. The molecular weight excluding hydrogens is 354 g/mol. The molecule has 1 aromatic heterocycles. The van der Waals surface area contributed by atoms with Crippen molar-refractivity contribution in [2.75, 3.05) is 69.4 Å². The fraction of sp³-hybridized carbons (Fsp3) is 0.524. The zero-order valence-corrected chi connectivity index (χ0v) is 16.6. The summed E-state index contributed by atoms with van der Waals surface area (Å²) in [5, 5.41) is 0. The molecule has 0 amide bonds. The van der Waals surface area contributed by atoms with E-state index in [0.29, 0.717) is 0 Å². The Morgan fingerprint density at radius 3 is 2.54 bits per heavy atom. The van der Waals surface area contributed by atoms with Crippen molar-refractivity contribution >= 4 is 11.6 Å². The van der Waals surface area contributed by atoms with Crippen molar-refractivity contribution in [3.05, 3.63) is 42.2 Å². The summed E-state index contributed by atoms with van der Waals surface area (Å²) in [6, 6.07) is 10.4. The summed E-state index contributed by atoms with van der Waals surface area (Å²) in [5.74, 6) is 1.73. The minimum atomic E-state index is 0.751. The number of anilines is 2. The average molecular weight is 383 g/mol. The van der Waals surface area contributed by atoms with Gasteiger partial charge < -0.3 is 19.3 Å². The molecule has 0 atom stereocenters. The molecule has 0 aliphatic carbocycles. The van der Waals surface area contributed by atoms with Crippen molar-refractivity contribution in [2.45, 2.75) is 13.0 Å². The molecule has 2 aromatic rings. The fourth-order valence-electron chi connectivity index (χ4n) is 3.80. The van der Waals surface area contributed by atoms with E-state index in [9.17, 15) is 0 Å². The smallest absolute Gasteiger partial charge is 0.225 e. The largest absolute Gasteiger partial charge is 0.497 e. The van der Waals surface area contributed by atoms with Crippen LogP contribution in [0.15, 0.2) is 36.5 Å². The van der Waals surface area contributed by atoms with Crippen molar-refractivity contribution < 1.29 is 9.47 Å². The summed E-state index contributed by atoms with van der Waals surface area (Å²) in [4.78, 5) is 16.4. The van der Waals surface area contributed by atoms with E-state index < -0.39 is 0 Å². The number of benzene rings is 1. The Hall–Kier alpha value is -2.38. The molecule has 0 spiro atoms. The maximum Gasteiger partial charge on any atom is 0.225 e. The van der Waals surface area contributed by atoms with E-state index in [2.05, 4.69) is 31.8 Å². The van der Waals surface area contributed by atoms with E-state index in [0.717, 1.165) is 82.8 Å². The molecule has 2 aliphatic rings. The first-order valence-corrected chi connectivity index (χ1v) is 10.1. The molecule has 2 saturated heterocycles. The number of hydrogen-bond donors (Lipinski definition) is 0. The van der Waals surface area contributed by atoms with Gasteiger partial charge in [-0.05, 0) is 36.8 Å². The van der Waals surface area contributed by atoms with Gasteiger partial charge in [0, 0.05) is 57.7 Å². The van der Waals surface area contributed by atoms with Gasteiger partial charge in [0.1, 0.15) is 5.75 Å². The van der Waals surface area contributed by atoms with Crippen molar-refractivity contribution in [3.8, 4) is 5.75 Å². The van der Waals surface area contributed by atoms with E-state index in [1.54, 1.807) is 7.11 Å². The van der Waals surface area contributed by atoms with Crippen LogP contribution in [0.2, 0.25) is 0 Å². The Morgan fingerprint density at radius 1 is 0.929 bits per heavy atom. The van der Waals surface area contributed by atoms with Gasteiger partial charge in [-0.15, -0.1) is 0 Å². The van der Waals surface area contributed by atoms with Crippen LogP contribution in [-0.2, 0) is 11.3 Å². The monoisotopic (exact) mass is 383 g/mol. The van der Waals surface area contributed by atoms with Gasteiger partial charge in [0.15, 0.2) is 0 Å². The number of rotatable bonds is 5. The number of morpholine rings is 1. The first-order chi connectivity index (χ1) is 13.8. The highest BCUT2D eigenvalue weighted by Crippen LogP contribution is 2.21. The summed E-state index contributed by atoms with van der Waals surface area (Å²) >= 11 is 0. The topological polar surface area (TPSA) is 54.0 Å². The van der Waals surface area contributed by atoms with Gasteiger partial charge in [0.05, 0.1) is 26.0 Å². The van der Waals surface area contributed by atoms with Crippen molar-refractivity contribution in [3.63, 3.8) is 0 Å². The molecule has 0 N–H and O–H groups in total. The summed E-state index contributed by atoms with van der Waals surface area (Å²) in [5.41, 5.74) is 2.36. The van der Waals surface area contributed by atoms with Crippen LogP contribution in [0, 0.1) is 0 Å². The van der Waals surface area contributed by atoms with Crippen LogP contribution in [0.5, 0.6) is 5.75 Å². The molecule has 3 heterocycles. The molecule has 1 aromatic carbocycles. The zero-order chi connectivity index (χ0) is 19.2. The lowest BCUT2D eigenvalue weighted by Crippen LogP contribution is -2.37. The van der Waals surface area contributed by atoms with E-state index >= 15 is 0 Å². The summed E-state index contributed by atoms with van der Waals surface area (Å²) in [7, 11) is 1.70. The molecule has 0 saturated carbocycles. The van der Waals surface area contributed by atoms with Crippen LogP contribution in [0.4, 0.5) is 11.6 Å². The highest BCUT2D eigenvalue weighted by molar-refractivity contribution is 5.49. The molecule has 4 rings (SSSR count). The Bertz CT molecular complexity index is 749. The zero-order valence-electron chi connectivity index (χ0n) is 16.6. The number of ether oxygens (including phenoxy) is 2. The number of aromatic nitrogens is 2. The van der Waals surface area contributed by atoms with Crippen LogP contribution in [0.3, 0.4) is 0 Å².